The zero-order valence-corrected chi connectivity index (χ0v) is 11.7. The standard InChI is InChI=1S/C16H13N3O3/c20-14(11-4-3-7-17-10-11)18-8-9-19-15(21)12-5-1-2-6-13(12)16(19)22/h1-7,10H,8-9H2,(H,18,20). The highest BCUT2D eigenvalue weighted by molar-refractivity contribution is 6.21. The van der Waals surface area contributed by atoms with Crippen molar-refractivity contribution in [3.05, 3.63) is 65.5 Å². The monoisotopic (exact) mass is 295 g/mol. The number of carbonyl (C=O) groups excluding carboxylic acids is 3. The maximum absolute atomic E-state index is 12.1. The van der Waals surface area contributed by atoms with E-state index in [4.69, 9.17) is 0 Å². The van der Waals surface area contributed by atoms with Gasteiger partial charge in [0.15, 0.2) is 0 Å². The largest absolute Gasteiger partial charge is 0.350 e. The molecule has 0 unspecified atom stereocenters. The van der Waals surface area contributed by atoms with Crippen molar-refractivity contribution in [3.63, 3.8) is 0 Å². The fraction of sp³-hybridized carbons (Fsp3) is 0.125. The van der Waals surface area contributed by atoms with E-state index in [0.717, 1.165) is 4.90 Å². The number of carbonyl (C=O) groups is 3. The van der Waals surface area contributed by atoms with Crippen LogP contribution in [0.25, 0.3) is 0 Å². The number of amides is 3. The Bertz CT molecular complexity index is 708. The number of nitrogens with zero attached hydrogens (tertiary/aromatic N) is 2. The minimum absolute atomic E-state index is 0.137. The summed E-state index contributed by atoms with van der Waals surface area (Å²) in [6, 6.07) is 10.0. The van der Waals surface area contributed by atoms with Crippen molar-refractivity contribution in [3.8, 4) is 0 Å². The SMILES string of the molecule is O=C(NCCN1C(=O)c2ccccc2C1=O)c1cccnc1. The summed E-state index contributed by atoms with van der Waals surface area (Å²) in [7, 11) is 0. The number of nitrogens with one attached hydrogen (secondary N) is 1. The van der Waals surface area contributed by atoms with Gasteiger partial charge in [0.2, 0.25) is 0 Å². The Labute approximate surface area is 126 Å². The van der Waals surface area contributed by atoms with Gasteiger partial charge in [0, 0.05) is 25.5 Å². The molecule has 1 aliphatic rings. The van der Waals surface area contributed by atoms with E-state index in [2.05, 4.69) is 10.3 Å². The van der Waals surface area contributed by atoms with Crippen molar-refractivity contribution in [1.82, 2.24) is 15.2 Å². The number of hydrogen-bond acceptors (Lipinski definition) is 4. The zero-order chi connectivity index (χ0) is 15.5. The van der Waals surface area contributed by atoms with Crippen molar-refractivity contribution < 1.29 is 14.4 Å². The lowest BCUT2D eigenvalue weighted by Crippen LogP contribution is -2.38. The number of benzene rings is 1. The lowest BCUT2D eigenvalue weighted by molar-refractivity contribution is 0.0650. The molecule has 0 saturated carbocycles. The third kappa shape index (κ3) is 2.46. The van der Waals surface area contributed by atoms with E-state index in [0.29, 0.717) is 16.7 Å². The number of rotatable bonds is 4. The normalized spacial score (nSPS) is 13.2. The summed E-state index contributed by atoms with van der Waals surface area (Å²) in [5.74, 6) is -0.933. The van der Waals surface area contributed by atoms with Gasteiger partial charge in [-0.05, 0) is 24.3 Å². The fourth-order valence-electron chi connectivity index (χ4n) is 2.32. The molecule has 3 amide bonds. The molecule has 0 saturated heterocycles. The first-order chi connectivity index (χ1) is 10.7. The van der Waals surface area contributed by atoms with Gasteiger partial charge in [-0.2, -0.15) is 0 Å². The lowest BCUT2D eigenvalue weighted by atomic mass is 10.1. The molecule has 0 bridgehead atoms. The highest BCUT2D eigenvalue weighted by Crippen LogP contribution is 2.21. The smallest absolute Gasteiger partial charge is 0.261 e. The van der Waals surface area contributed by atoms with Gasteiger partial charge in [-0.15, -0.1) is 0 Å². The molecule has 3 rings (SSSR count). The minimum Gasteiger partial charge on any atom is -0.350 e. The van der Waals surface area contributed by atoms with E-state index in [1.54, 1.807) is 42.6 Å². The zero-order valence-electron chi connectivity index (χ0n) is 11.7. The van der Waals surface area contributed by atoms with Gasteiger partial charge < -0.3 is 5.32 Å². The second kappa shape index (κ2) is 5.77. The molecule has 110 valence electrons. The predicted molar refractivity (Wildman–Crippen MR) is 78.4 cm³/mol. The predicted octanol–water partition coefficient (Wildman–Crippen LogP) is 1.11. The summed E-state index contributed by atoms with van der Waals surface area (Å²) in [6.07, 6.45) is 3.03. The average molecular weight is 295 g/mol. The molecule has 0 atom stereocenters. The number of hydrogen-bond donors (Lipinski definition) is 1. The maximum Gasteiger partial charge on any atom is 0.261 e. The molecule has 0 spiro atoms. The molecule has 6 heteroatoms. The molecule has 22 heavy (non-hydrogen) atoms. The Balaban J connectivity index is 1.61. The van der Waals surface area contributed by atoms with Crippen LogP contribution in [-0.2, 0) is 0 Å². The van der Waals surface area contributed by atoms with E-state index in [1.807, 2.05) is 0 Å². The van der Waals surface area contributed by atoms with Gasteiger partial charge in [-0.3, -0.25) is 24.3 Å². The van der Waals surface area contributed by atoms with Crippen LogP contribution in [-0.4, -0.2) is 40.7 Å². The number of aromatic nitrogens is 1. The first-order valence-corrected chi connectivity index (χ1v) is 6.82. The Hall–Kier alpha value is -3.02. The van der Waals surface area contributed by atoms with Gasteiger partial charge in [0.1, 0.15) is 0 Å². The first-order valence-electron chi connectivity index (χ1n) is 6.82. The van der Waals surface area contributed by atoms with Gasteiger partial charge in [0.25, 0.3) is 17.7 Å². The summed E-state index contributed by atoms with van der Waals surface area (Å²) in [5, 5.41) is 2.67. The van der Waals surface area contributed by atoms with E-state index < -0.39 is 0 Å². The fourth-order valence-corrected chi connectivity index (χ4v) is 2.32. The second-order valence-corrected chi connectivity index (χ2v) is 4.81. The van der Waals surface area contributed by atoms with Crippen LogP contribution in [0.4, 0.5) is 0 Å². The molecule has 6 nitrogen and oxygen atoms in total. The van der Waals surface area contributed by atoms with Crippen molar-refractivity contribution in [2.45, 2.75) is 0 Å². The van der Waals surface area contributed by atoms with Crippen LogP contribution in [0.5, 0.6) is 0 Å². The van der Waals surface area contributed by atoms with Gasteiger partial charge in [-0.1, -0.05) is 12.1 Å². The molecule has 1 aromatic heterocycles. The van der Waals surface area contributed by atoms with Crippen LogP contribution in [0.3, 0.4) is 0 Å². The average Bonchev–Trinajstić information content (AvgIpc) is 2.81. The summed E-state index contributed by atoms with van der Waals surface area (Å²) < 4.78 is 0. The number of pyridine rings is 1. The van der Waals surface area contributed by atoms with Crippen LogP contribution in [0.1, 0.15) is 31.1 Å². The molecule has 0 aliphatic carbocycles. The summed E-state index contributed by atoms with van der Waals surface area (Å²) >= 11 is 0. The highest BCUT2D eigenvalue weighted by Gasteiger charge is 2.34. The van der Waals surface area contributed by atoms with Crippen molar-refractivity contribution in [2.24, 2.45) is 0 Å². The highest BCUT2D eigenvalue weighted by atomic mass is 16.2. The Morgan fingerprint density at radius 2 is 1.73 bits per heavy atom. The van der Waals surface area contributed by atoms with Crippen LogP contribution in [0, 0.1) is 0 Å². The van der Waals surface area contributed by atoms with Crippen molar-refractivity contribution in [2.75, 3.05) is 13.1 Å². The molecule has 0 fully saturated rings. The number of imide groups is 1. The Kier molecular flexibility index (Phi) is 3.65. The second-order valence-electron chi connectivity index (χ2n) is 4.81. The van der Waals surface area contributed by atoms with Gasteiger partial charge >= 0.3 is 0 Å². The Morgan fingerprint density at radius 1 is 1.05 bits per heavy atom. The van der Waals surface area contributed by atoms with Crippen LogP contribution in [0.15, 0.2) is 48.8 Å². The molecule has 1 aromatic carbocycles. The van der Waals surface area contributed by atoms with Crippen LogP contribution in [0.2, 0.25) is 0 Å². The van der Waals surface area contributed by atoms with E-state index in [9.17, 15) is 14.4 Å². The van der Waals surface area contributed by atoms with Crippen molar-refractivity contribution in [1.29, 1.82) is 0 Å². The summed E-state index contributed by atoms with van der Waals surface area (Å²) in [6.45, 7) is 0.331. The Morgan fingerprint density at radius 3 is 2.32 bits per heavy atom. The maximum atomic E-state index is 12.1. The molecule has 0 radical (unpaired) electrons. The third-order valence-corrected chi connectivity index (χ3v) is 3.42. The van der Waals surface area contributed by atoms with Crippen LogP contribution < -0.4 is 5.32 Å². The van der Waals surface area contributed by atoms with E-state index in [-0.39, 0.29) is 30.8 Å². The third-order valence-electron chi connectivity index (χ3n) is 3.42. The van der Waals surface area contributed by atoms with E-state index >= 15 is 0 Å². The quantitative estimate of drug-likeness (QED) is 0.857. The summed E-state index contributed by atoms with van der Waals surface area (Å²) in [5.41, 5.74) is 1.25. The molecule has 2 aromatic rings. The summed E-state index contributed by atoms with van der Waals surface area (Å²) in [4.78, 5) is 41.1. The minimum atomic E-state index is -0.323. The molecular weight excluding hydrogens is 282 g/mol. The molecule has 1 aliphatic heterocycles. The lowest BCUT2D eigenvalue weighted by Gasteiger charge is -2.14. The van der Waals surface area contributed by atoms with Crippen molar-refractivity contribution >= 4 is 17.7 Å². The molecule has 2 heterocycles. The van der Waals surface area contributed by atoms with Gasteiger partial charge in [0.05, 0.1) is 16.7 Å². The first kappa shape index (κ1) is 13.9. The van der Waals surface area contributed by atoms with Gasteiger partial charge in [-0.25, -0.2) is 0 Å². The number of fused-ring (bicyclic) bond motifs is 1. The molecular formula is C16H13N3O3. The topological polar surface area (TPSA) is 79.4 Å². The van der Waals surface area contributed by atoms with E-state index in [1.165, 1.54) is 6.20 Å². The van der Waals surface area contributed by atoms with Crippen LogP contribution >= 0.6 is 0 Å². The molecule has 1 N–H and O–H groups in total.